The van der Waals surface area contributed by atoms with Crippen LogP contribution in [-0.2, 0) is 33.8 Å². The molecule has 144 valence electrons. The number of aromatic nitrogens is 1. The number of nitrogens with zero attached hydrogens (tertiary/aromatic N) is 1. The molecule has 1 N–H and O–H groups in total. The van der Waals surface area contributed by atoms with Crippen LogP contribution < -0.4 is 10.9 Å². The normalized spacial score (nSPS) is 15.0. The number of esters is 1. The van der Waals surface area contributed by atoms with E-state index < -0.39 is 21.7 Å². The zero-order valence-corrected chi connectivity index (χ0v) is 16.4. The van der Waals surface area contributed by atoms with Crippen LogP contribution in [0.3, 0.4) is 0 Å². The standard InChI is InChI=1S/C17H18N2O6S2/c1-3-25-17(22)14-11-5-7-27(23,24)9-12(11)26-16(14)18-15(21)10-4-6-19(2)13(20)8-10/h4,6,8H,3,5,7,9H2,1-2H3,(H,18,21). The molecule has 1 amide bonds. The van der Waals surface area contributed by atoms with E-state index in [-0.39, 0.29) is 46.2 Å². The first kappa shape index (κ1) is 19.3. The molecule has 1 aliphatic heterocycles. The van der Waals surface area contributed by atoms with Crippen molar-refractivity contribution in [2.75, 3.05) is 17.7 Å². The van der Waals surface area contributed by atoms with Crippen LogP contribution in [0.5, 0.6) is 0 Å². The summed E-state index contributed by atoms with van der Waals surface area (Å²) in [7, 11) is -1.66. The number of nitrogens with one attached hydrogen (secondary N) is 1. The van der Waals surface area contributed by atoms with E-state index >= 15 is 0 Å². The first-order valence-electron chi connectivity index (χ1n) is 8.22. The molecule has 0 aliphatic carbocycles. The van der Waals surface area contributed by atoms with Gasteiger partial charge in [-0.15, -0.1) is 11.3 Å². The van der Waals surface area contributed by atoms with Crippen LogP contribution in [0.1, 0.15) is 38.1 Å². The van der Waals surface area contributed by atoms with Crippen molar-refractivity contribution in [1.82, 2.24) is 4.57 Å². The number of ether oxygens (including phenoxy) is 1. The maximum atomic E-state index is 12.5. The molecule has 0 saturated heterocycles. The Labute approximate surface area is 159 Å². The summed E-state index contributed by atoms with van der Waals surface area (Å²) in [6.07, 6.45) is 1.67. The van der Waals surface area contributed by atoms with Crippen molar-refractivity contribution in [3.8, 4) is 0 Å². The second-order valence-electron chi connectivity index (χ2n) is 6.09. The highest BCUT2D eigenvalue weighted by Crippen LogP contribution is 2.38. The monoisotopic (exact) mass is 410 g/mol. The fourth-order valence-electron chi connectivity index (χ4n) is 2.79. The lowest BCUT2D eigenvalue weighted by Crippen LogP contribution is -2.21. The Hall–Kier alpha value is -2.46. The largest absolute Gasteiger partial charge is 0.462 e. The maximum Gasteiger partial charge on any atom is 0.341 e. The van der Waals surface area contributed by atoms with Gasteiger partial charge in [-0.3, -0.25) is 9.59 Å². The van der Waals surface area contributed by atoms with Gasteiger partial charge in [0, 0.05) is 29.8 Å². The molecule has 0 aromatic carbocycles. The summed E-state index contributed by atoms with van der Waals surface area (Å²) in [6, 6.07) is 2.68. The number of amides is 1. The lowest BCUT2D eigenvalue weighted by atomic mass is 10.1. The van der Waals surface area contributed by atoms with Crippen molar-refractivity contribution in [3.05, 3.63) is 50.3 Å². The van der Waals surface area contributed by atoms with Crippen LogP contribution in [0.25, 0.3) is 0 Å². The summed E-state index contributed by atoms with van der Waals surface area (Å²) in [4.78, 5) is 37.2. The minimum absolute atomic E-state index is 0.0503. The molecule has 0 unspecified atom stereocenters. The third-order valence-corrected chi connectivity index (χ3v) is 7.06. The van der Waals surface area contributed by atoms with Gasteiger partial charge in [0.2, 0.25) is 0 Å². The van der Waals surface area contributed by atoms with Gasteiger partial charge in [-0.05, 0) is 25.0 Å². The predicted molar refractivity (Wildman–Crippen MR) is 101 cm³/mol. The number of pyridine rings is 1. The van der Waals surface area contributed by atoms with Gasteiger partial charge in [0.1, 0.15) is 5.00 Å². The summed E-state index contributed by atoms with van der Waals surface area (Å²) in [5.74, 6) is -1.37. The Morgan fingerprint density at radius 3 is 2.78 bits per heavy atom. The number of carbonyl (C=O) groups is 2. The van der Waals surface area contributed by atoms with E-state index in [0.29, 0.717) is 10.4 Å². The smallest absolute Gasteiger partial charge is 0.341 e. The molecule has 0 bridgehead atoms. The van der Waals surface area contributed by atoms with E-state index in [1.54, 1.807) is 14.0 Å². The Bertz CT molecular complexity index is 1080. The first-order chi connectivity index (χ1) is 12.7. The Morgan fingerprint density at radius 2 is 2.11 bits per heavy atom. The zero-order chi connectivity index (χ0) is 19.8. The van der Waals surface area contributed by atoms with Crippen LogP contribution in [0.2, 0.25) is 0 Å². The van der Waals surface area contributed by atoms with Gasteiger partial charge in [0.25, 0.3) is 11.5 Å². The van der Waals surface area contributed by atoms with Gasteiger partial charge in [0.15, 0.2) is 9.84 Å². The van der Waals surface area contributed by atoms with Crippen LogP contribution in [0, 0.1) is 0 Å². The SMILES string of the molecule is CCOC(=O)c1c(NC(=O)c2ccn(C)c(=O)c2)sc2c1CCS(=O)(=O)C2. The molecule has 2 aromatic heterocycles. The van der Waals surface area contributed by atoms with E-state index in [4.69, 9.17) is 4.74 Å². The van der Waals surface area contributed by atoms with Crippen LogP contribution in [-0.4, -0.2) is 37.2 Å². The number of hydrogen-bond acceptors (Lipinski definition) is 7. The zero-order valence-electron chi connectivity index (χ0n) is 14.8. The van der Waals surface area contributed by atoms with Crippen molar-refractivity contribution in [2.24, 2.45) is 7.05 Å². The van der Waals surface area contributed by atoms with Crippen LogP contribution in [0.4, 0.5) is 5.00 Å². The van der Waals surface area contributed by atoms with Gasteiger partial charge in [-0.1, -0.05) is 0 Å². The molecule has 0 saturated carbocycles. The lowest BCUT2D eigenvalue weighted by Gasteiger charge is -2.13. The first-order valence-corrected chi connectivity index (χ1v) is 10.9. The maximum absolute atomic E-state index is 12.5. The molecule has 0 spiro atoms. The molecular weight excluding hydrogens is 392 g/mol. The van der Waals surface area contributed by atoms with Crippen molar-refractivity contribution < 1.29 is 22.7 Å². The van der Waals surface area contributed by atoms with E-state index in [1.165, 1.54) is 22.9 Å². The van der Waals surface area contributed by atoms with Crippen molar-refractivity contribution >= 4 is 38.1 Å². The average Bonchev–Trinajstić information content (AvgIpc) is 2.93. The van der Waals surface area contributed by atoms with Crippen molar-refractivity contribution in [1.29, 1.82) is 0 Å². The lowest BCUT2D eigenvalue weighted by molar-refractivity contribution is 0.0527. The molecule has 8 nitrogen and oxygen atoms in total. The predicted octanol–water partition coefficient (Wildman–Crippen LogP) is 1.35. The summed E-state index contributed by atoms with van der Waals surface area (Å²) in [6.45, 7) is 1.82. The minimum atomic E-state index is -3.23. The van der Waals surface area contributed by atoms with E-state index in [1.807, 2.05) is 0 Å². The Kier molecular flexibility index (Phi) is 5.20. The van der Waals surface area contributed by atoms with Gasteiger partial charge < -0.3 is 14.6 Å². The third-order valence-electron chi connectivity index (χ3n) is 4.18. The third kappa shape index (κ3) is 3.96. The highest BCUT2D eigenvalue weighted by Gasteiger charge is 2.32. The van der Waals surface area contributed by atoms with Gasteiger partial charge >= 0.3 is 5.97 Å². The minimum Gasteiger partial charge on any atom is -0.462 e. The summed E-state index contributed by atoms with van der Waals surface area (Å²) in [5, 5.41) is 2.87. The van der Waals surface area contributed by atoms with Crippen LogP contribution in [0.15, 0.2) is 23.1 Å². The topological polar surface area (TPSA) is 112 Å². The Morgan fingerprint density at radius 1 is 1.37 bits per heavy atom. The second-order valence-corrected chi connectivity index (χ2v) is 9.38. The molecule has 27 heavy (non-hydrogen) atoms. The quantitative estimate of drug-likeness (QED) is 0.762. The van der Waals surface area contributed by atoms with Gasteiger partial charge in [-0.2, -0.15) is 0 Å². The number of sulfone groups is 1. The summed E-state index contributed by atoms with van der Waals surface area (Å²) in [5.41, 5.74) is 0.605. The van der Waals surface area contributed by atoms with Crippen LogP contribution >= 0.6 is 11.3 Å². The summed E-state index contributed by atoms with van der Waals surface area (Å²) >= 11 is 1.05. The molecule has 10 heteroatoms. The number of hydrogen-bond donors (Lipinski definition) is 1. The van der Waals surface area contributed by atoms with Crippen molar-refractivity contribution in [2.45, 2.75) is 19.1 Å². The van der Waals surface area contributed by atoms with Gasteiger partial charge in [-0.25, -0.2) is 13.2 Å². The van der Waals surface area contributed by atoms with E-state index in [9.17, 15) is 22.8 Å². The molecule has 3 rings (SSSR count). The highest BCUT2D eigenvalue weighted by atomic mass is 32.2. The molecular formula is C17H18N2O6S2. The number of fused-ring (bicyclic) bond motifs is 1. The number of aryl methyl sites for hydroxylation is 1. The average molecular weight is 410 g/mol. The molecule has 0 radical (unpaired) electrons. The number of thiophene rings is 1. The molecule has 1 aliphatic rings. The highest BCUT2D eigenvalue weighted by molar-refractivity contribution is 7.90. The van der Waals surface area contributed by atoms with Crippen molar-refractivity contribution in [3.63, 3.8) is 0 Å². The Balaban J connectivity index is 2.00. The number of rotatable bonds is 4. The van der Waals surface area contributed by atoms with Gasteiger partial charge in [0.05, 0.1) is 23.7 Å². The molecule has 3 heterocycles. The summed E-state index contributed by atoms with van der Waals surface area (Å²) < 4.78 is 30.2. The fourth-order valence-corrected chi connectivity index (χ4v) is 5.83. The van der Waals surface area contributed by atoms with E-state index in [0.717, 1.165) is 11.3 Å². The van der Waals surface area contributed by atoms with E-state index in [2.05, 4.69) is 5.32 Å². The number of carbonyl (C=O) groups excluding carboxylic acids is 2. The molecule has 0 fully saturated rings. The fraction of sp³-hybridized carbons (Fsp3) is 0.353. The number of anilines is 1. The second kappa shape index (κ2) is 7.28. The molecule has 2 aromatic rings. The molecule has 0 atom stereocenters.